The van der Waals surface area contributed by atoms with Crippen molar-refractivity contribution in [3.8, 4) is 0 Å². The van der Waals surface area contributed by atoms with Crippen molar-refractivity contribution >= 4 is 0 Å². The highest BCUT2D eigenvalue weighted by Crippen LogP contribution is 2.18. The Kier molecular flexibility index (Phi) is 3.31. The topological polar surface area (TPSA) is 34.4 Å². The maximum Gasteiger partial charge on any atom is 0.123 e. The minimum absolute atomic E-state index is 0.112. The van der Waals surface area contributed by atoms with Gasteiger partial charge in [-0.25, -0.2) is 0 Å². The SMILES string of the molecule is CNC(c1ccco1)C(C)OC. The molecule has 1 aromatic rings. The van der Waals surface area contributed by atoms with Gasteiger partial charge in [0.25, 0.3) is 0 Å². The van der Waals surface area contributed by atoms with Crippen molar-refractivity contribution in [2.45, 2.75) is 19.1 Å². The summed E-state index contributed by atoms with van der Waals surface area (Å²) in [4.78, 5) is 0. The minimum atomic E-state index is 0.112. The molecule has 12 heavy (non-hydrogen) atoms. The number of methoxy groups -OCH3 is 1. The van der Waals surface area contributed by atoms with E-state index in [0.29, 0.717) is 0 Å². The zero-order chi connectivity index (χ0) is 8.97. The number of likely N-dealkylation sites (N-methyl/N-ethyl adjacent to an activating group) is 1. The van der Waals surface area contributed by atoms with E-state index in [1.165, 1.54) is 0 Å². The first-order chi connectivity index (χ1) is 5.79. The summed E-state index contributed by atoms with van der Waals surface area (Å²) in [6.45, 7) is 2.00. The van der Waals surface area contributed by atoms with Gasteiger partial charge in [0.15, 0.2) is 0 Å². The van der Waals surface area contributed by atoms with Crippen molar-refractivity contribution in [2.24, 2.45) is 0 Å². The Morgan fingerprint density at radius 2 is 2.33 bits per heavy atom. The zero-order valence-electron chi connectivity index (χ0n) is 7.70. The molecule has 68 valence electrons. The Labute approximate surface area is 72.7 Å². The number of ether oxygens (including phenoxy) is 1. The van der Waals surface area contributed by atoms with Crippen molar-refractivity contribution in [3.05, 3.63) is 24.2 Å². The lowest BCUT2D eigenvalue weighted by Gasteiger charge is -2.19. The van der Waals surface area contributed by atoms with Gasteiger partial charge in [-0.1, -0.05) is 0 Å². The lowest BCUT2D eigenvalue weighted by molar-refractivity contribution is 0.0782. The molecule has 0 aliphatic rings. The van der Waals surface area contributed by atoms with Crippen LogP contribution in [0.15, 0.2) is 22.8 Å². The number of hydrogen-bond donors (Lipinski definition) is 1. The Hall–Kier alpha value is -0.800. The summed E-state index contributed by atoms with van der Waals surface area (Å²) in [6, 6.07) is 3.95. The number of rotatable bonds is 4. The van der Waals surface area contributed by atoms with E-state index in [1.807, 2.05) is 26.1 Å². The fourth-order valence-electron chi connectivity index (χ4n) is 1.21. The molecule has 0 saturated carbocycles. The van der Waals surface area contributed by atoms with Gasteiger partial charge in [-0.15, -0.1) is 0 Å². The molecule has 0 aromatic carbocycles. The van der Waals surface area contributed by atoms with Crippen molar-refractivity contribution < 1.29 is 9.15 Å². The van der Waals surface area contributed by atoms with Gasteiger partial charge >= 0.3 is 0 Å². The normalized spacial score (nSPS) is 15.9. The Morgan fingerprint density at radius 1 is 1.58 bits per heavy atom. The van der Waals surface area contributed by atoms with Crippen LogP contribution in [-0.2, 0) is 4.74 Å². The summed E-state index contributed by atoms with van der Waals surface area (Å²) in [6.07, 6.45) is 1.78. The third-order valence-corrected chi connectivity index (χ3v) is 2.00. The molecule has 2 unspecified atom stereocenters. The minimum Gasteiger partial charge on any atom is -0.468 e. The van der Waals surface area contributed by atoms with E-state index in [9.17, 15) is 0 Å². The second-order valence-corrected chi connectivity index (χ2v) is 2.72. The average molecular weight is 169 g/mol. The van der Waals surface area contributed by atoms with Crippen molar-refractivity contribution in [1.82, 2.24) is 5.32 Å². The molecular formula is C9H15NO2. The van der Waals surface area contributed by atoms with E-state index in [0.717, 1.165) is 5.76 Å². The monoisotopic (exact) mass is 169 g/mol. The summed E-state index contributed by atoms with van der Waals surface area (Å²) in [5.74, 6) is 0.909. The molecule has 0 radical (unpaired) electrons. The van der Waals surface area contributed by atoms with Crippen LogP contribution in [-0.4, -0.2) is 20.3 Å². The van der Waals surface area contributed by atoms with Crippen molar-refractivity contribution in [2.75, 3.05) is 14.2 Å². The second-order valence-electron chi connectivity index (χ2n) is 2.72. The molecule has 0 bridgehead atoms. The lowest BCUT2D eigenvalue weighted by Crippen LogP contribution is -2.28. The molecule has 2 atom stereocenters. The highest BCUT2D eigenvalue weighted by molar-refractivity contribution is 5.05. The smallest absolute Gasteiger partial charge is 0.123 e. The number of nitrogens with one attached hydrogen (secondary N) is 1. The number of hydrogen-bond acceptors (Lipinski definition) is 3. The highest BCUT2D eigenvalue weighted by atomic mass is 16.5. The van der Waals surface area contributed by atoms with Gasteiger partial charge in [0, 0.05) is 7.11 Å². The Balaban J connectivity index is 2.69. The molecule has 1 rings (SSSR count). The van der Waals surface area contributed by atoms with Crippen LogP contribution in [0.25, 0.3) is 0 Å². The van der Waals surface area contributed by atoms with E-state index in [1.54, 1.807) is 13.4 Å². The van der Waals surface area contributed by atoms with Crippen LogP contribution in [0.4, 0.5) is 0 Å². The standard InChI is InChI=1S/C9H15NO2/c1-7(11-3)9(10-2)8-5-4-6-12-8/h4-7,9-10H,1-3H3. The van der Waals surface area contributed by atoms with Crippen molar-refractivity contribution in [3.63, 3.8) is 0 Å². The van der Waals surface area contributed by atoms with Gasteiger partial charge < -0.3 is 14.5 Å². The summed E-state index contributed by atoms with van der Waals surface area (Å²) in [5, 5.41) is 3.14. The molecule has 0 spiro atoms. The summed E-state index contributed by atoms with van der Waals surface area (Å²) >= 11 is 0. The summed E-state index contributed by atoms with van der Waals surface area (Å²) in [5.41, 5.74) is 0. The molecule has 0 aliphatic carbocycles. The predicted octanol–water partition coefficient (Wildman–Crippen LogP) is 1.57. The van der Waals surface area contributed by atoms with Crippen LogP contribution in [0.1, 0.15) is 18.7 Å². The summed E-state index contributed by atoms with van der Waals surface area (Å²) < 4.78 is 10.5. The first kappa shape index (κ1) is 9.29. The molecule has 0 aliphatic heterocycles. The van der Waals surface area contributed by atoms with Crippen LogP contribution in [0.3, 0.4) is 0 Å². The third kappa shape index (κ3) is 1.87. The van der Waals surface area contributed by atoms with Crippen LogP contribution in [0, 0.1) is 0 Å². The molecular weight excluding hydrogens is 154 g/mol. The first-order valence-corrected chi connectivity index (χ1v) is 4.03. The predicted molar refractivity (Wildman–Crippen MR) is 47.0 cm³/mol. The zero-order valence-corrected chi connectivity index (χ0v) is 7.70. The maximum atomic E-state index is 5.27. The quantitative estimate of drug-likeness (QED) is 0.743. The average Bonchev–Trinajstić information content (AvgIpc) is 2.58. The van der Waals surface area contributed by atoms with Gasteiger partial charge in [-0.2, -0.15) is 0 Å². The second kappa shape index (κ2) is 4.28. The molecule has 0 fully saturated rings. The molecule has 1 aromatic heterocycles. The fraction of sp³-hybridized carbons (Fsp3) is 0.556. The van der Waals surface area contributed by atoms with E-state index in [2.05, 4.69) is 5.32 Å². The molecule has 0 amide bonds. The first-order valence-electron chi connectivity index (χ1n) is 4.03. The van der Waals surface area contributed by atoms with Crippen LogP contribution in [0.2, 0.25) is 0 Å². The van der Waals surface area contributed by atoms with Gasteiger partial charge in [0.1, 0.15) is 5.76 Å². The number of furan rings is 1. The molecule has 1 heterocycles. The maximum absolute atomic E-state index is 5.27. The van der Waals surface area contributed by atoms with E-state index >= 15 is 0 Å². The van der Waals surface area contributed by atoms with E-state index < -0.39 is 0 Å². The summed E-state index contributed by atoms with van der Waals surface area (Å²) in [7, 11) is 3.58. The van der Waals surface area contributed by atoms with E-state index in [-0.39, 0.29) is 12.1 Å². The molecule has 1 N–H and O–H groups in total. The Bertz CT molecular complexity index is 208. The lowest BCUT2D eigenvalue weighted by atomic mass is 10.1. The van der Waals surface area contributed by atoms with Crippen LogP contribution >= 0.6 is 0 Å². The van der Waals surface area contributed by atoms with Gasteiger partial charge in [0.2, 0.25) is 0 Å². The van der Waals surface area contributed by atoms with E-state index in [4.69, 9.17) is 9.15 Å². The van der Waals surface area contributed by atoms with Crippen LogP contribution in [0.5, 0.6) is 0 Å². The Morgan fingerprint density at radius 3 is 2.75 bits per heavy atom. The fourth-order valence-corrected chi connectivity index (χ4v) is 1.21. The van der Waals surface area contributed by atoms with Crippen molar-refractivity contribution in [1.29, 1.82) is 0 Å². The highest BCUT2D eigenvalue weighted by Gasteiger charge is 2.18. The molecule has 0 saturated heterocycles. The van der Waals surface area contributed by atoms with Gasteiger partial charge in [-0.05, 0) is 26.1 Å². The molecule has 3 heteroatoms. The van der Waals surface area contributed by atoms with Gasteiger partial charge in [-0.3, -0.25) is 0 Å². The van der Waals surface area contributed by atoms with Crippen LogP contribution < -0.4 is 5.32 Å². The van der Waals surface area contributed by atoms with Gasteiger partial charge in [0.05, 0.1) is 18.4 Å². The molecule has 3 nitrogen and oxygen atoms in total. The largest absolute Gasteiger partial charge is 0.468 e. The third-order valence-electron chi connectivity index (χ3n) is 2.00.